The van der Waals surface area contributed by atoms with Gasteiger partial charge in [0.25, 0.3) is 11.6 Å². The van der Waals surface area contributed by atoms with E-state index in [2.05, 4.69) is 10.6 Å². The van der Waals surface area contributed by atoms with E-state index >= 15 is 0 Å². The van der Waals surface area contributed by atoms with Crippen LogP contribution in [0, 0.1) is 10.1 Å². The Bertz CT molecular complexity index is 747. The lowest BCUT2D eigenvalue weighted by Crippen LogP contribution is -2.34. The Morgan fingerprint density at radius 2 is 2.14 bits per heavy atom. The van der Waals surface area contributed by atoms with Crippen molar-refractivity contribution in [3.8, 4) is 5.75 Å². The zero-order valence-corrected chi connectivity index (χ0v) is 12.2. The van der Waals surface area contributed by atoms with Crippen molar-refractivity contribution in [3.63, 3.8) is 0 Å². The Labute approximate surface area is 133 Å². The lowest BCUT2D eigenvalue weighted by atomic mass is 10.2. The van der Waals surface area contributed by atoms with Gasteiger partial charge in [-0.05, 0) is 24.4 Å². The van der Waals surface area contributed by atoms with E-state index in [-0.39, 0.29) is 27.3 Å². The van der Waals surface area contributed by atoms with E-state index in [0.29, 0.717) is 0 Å². The molecule has 8 nitrogen and oxygen atoms in total. The molecule has 1 amide bonds. The molecule has 2 rings (SSSR count). The van der Waals surface area contributed by atoms with Gasteiger partial charge in [0, 0.05) is 22.8 Å². The molecule has 0 atom stereocenters. The number of nitrogens with one attached hydrogen (secondary N) is 2. The summed E-state index contributed by atoms with van der Waals surface area (Å²) in [7, 11) is 0. The highest BCUT2D eigenvalue weighted by Crippen LogP contribution is 2.33. The molecule has 2 N–H and O–H groups in total. The van der Waals surface area contributed by atoms with Crippen molar-refractivity contribution in [2.75, 3.05) is 5.32 Å². The largest absolute Gasteiger partial charge is 0.870 e. The number of hydrogen-bond acceptors (Lipinski definition) is 6. The summed E-state index contributed by atoms with van der Waals surface area (Å²) in [5, 5.41) is 26.6. The minimum Gasteiger partial charge on any atom is -0.870 e. The summed E-state index contributed by atoms with van der Waals surface area (Å²) in [6.45, 7) is 0. The first kappa shape index (κ1) is 15.7. The lowest BCUT2D eigenvalue weighted by molar-refractivity contribution is -0.385. The molecule has 0 fully saturated rings. The van der Waals surface area contributed by atoms with Crippen LogP contribution in [0.25, 0.3) is 0 Å². The zero-order chi connectivity index (χ0) is 16.3. The monoisotopic (exact) mass is 340 g/mol. The van der Waals surface area contributed by atoms with Crippen LogP contribution in [0.4, 0.5) is 11.4 Å². The summed E-state index contributed by atoms with van der Waals surface area (Å²) in [6, 6.07) is 4.84. The summed E-state index contributed by atoms with van der Waals surface area (Å²) in [5.74, 6) is -1.29. The van der Waals surface area contributed by atoms with Gasteiger partial charge in [-0.15, -0.1) is 0 Å². The number of furan rings is 1. The Morgan fingerprint density at radius 3 is 2.73 bits per heavy atom. The molecule has 0 unspecified atom stereocenters. The summed E-state index contributed by atoms with van der Waals surface area (Å²) in [6.07, 6.45) is 1.31. The molecule has 2 aromatic rings. The maximum absolute atomic E-state index is 11.8. The van der Waals surface area contributed by atoms with Crippen molar-refractivity contribution in [1.82, 2.24) is 5.32 Å². The molecule has 0 saturated heterocycles. The van der Waals surface area contributed by atoms with Gasteiger partial charge in [0.2, 0.25) is 0 Å². The van der Waals surface area contributed by atoms with Gasteiger partial charge >= 0.3 is 0 Å². The second-order valence-electron chi connectivity index (χ2n) is 3.95. The lowest BCUT2D eigenvalue weighted by Gasteiger charge is -2.17. The number of benzene rings is 1. The number of nitro benzene ring substituents is 1. The Hall–Kier alpha value is -2.65. The van der Waals surface area contributed by atoms with Gasteiger partial charge in [-0.25, -0.2) is 0 Å². The average molecular weight is 341 g/mol. The molecule has 1 heterocycles. The van der Waals surface area contributed by atoms with Crippen molar-refractivity contribution in [3.05, 3.63) is 51.4 Å². The van der Waals surface area contributed by atoms with Gasteiger partial charge in [-0.2, -0.15) is 0 Å². The van der Waals surface area contributed by atoms with E-state index in [4.69, 9.17) is 28.2 Å². The first-order chi connectivity index (χ1) is 10.4. The Morgan fingerprint density at radius 1 is 1.41 bits per heavy atom. The average Bonchev–Trinajstić information content (AvgIpc) is 2.97. The number of anilines is 1. The van der Waals surface area contributed by atoms with Gasteiger partial charge in [0.1, 0.15) is 0 Å². The van der Waals surface area contributed by atoms with Crippen LogP contribution in [0.3, 0.4) is 0 Å². The van der Waals surface area contributed by atoms with Crippen molar-refractivity contribution >= 4 is 46.2 Å². The Balaban J connectivity index is 2.14. The van der Waals surface area contributed by atoms with Crippen LogP contribution in [-0.4, -0.2) is 15.9 Å². The first-order valence-electron chi connectivity index (χ1n) is 5.69. The molecular weight excluding hydrogens is 334 g/mol. The van der Waals surface area contributed by atoms with Gasteiger partial charge in [-0.1, -0.05) is 17.4 Å². The molecular formula is C12H7ClN3O5S-. The molecule has 22 heavy (non-hydrogen) atoms. The van der Waals surface area contributed by atoms with E-state index in [9.17, 15) is 20.0 Å². The number of non-ortho nitro benzene ring substituents is 1. The van der Waals surface area contributed by atoms with Crippen molar-refractivity contribution in [2.24, 2.45) is 0 Å². The van der Waals surface area contributed by atoms with E-state index in [1.807, 2.05) is 0 Å². The number of carbonyl (C=O) groups is 1. The third-order valence-corrected chi connectivity index (χ3v) is 2.94. The van der Waals surface area contributed by atoms with E-state index in [1.165, 1.54) is 18.4 Å². The predicted octanol–water partition coefficient (Wildman–Crippen LogP) is 2.04. The minimum atomic E-state index is -0.707. The van der Waals surface area contributed by atoms with Crippen LogP contribution < -0.4 is 15.7 Å². The number of nitrogens with zero attached hydrogens (tertiary/aromatic N) is 1. The number of nitro groups is 1. The molecule has 0 spiro atoms. The maximum Gasteiger partial charge on any atom is 0.293 e. The number of amides is 1. The van der Waals surface area contributed by atoms with Crippen molar-refractivity contribution < 1.29 is 19.2 Å². The molecule has 0 aliphatic carbocycles. The van der Waals surface area contributed by atoms with Crippen LogP contribution in [0.2, 0.25) is 5.02 Å². The number of thiocarbonyl (C=S) groups is 1. The number of hydrogen-bond donors (Lipinski definition) is 2. The second kappa shape index (κ2) is 6.41. The highest BCUT2D eigenvalue weighted by Gasteiger charge is 2.14. The predicted molar refractivity (Wildman–Crippen MR) is 79.9 cm³/mol. The number of halogens is 1. The SMILES string of the molecule is O=C(NC(=S)Nc1cc([N+](=O)[O-])cc(Cl)c1[O-])c1ccco1. The number of rotatable bonds is 3. The van der Waals surface area contributed by atoms with Crippen LogP contribution in [-0.2, 0) is 0 Å². The molecule has 0 saturated carbocycles. The van der Waals surface area contributed by atoms with Crippen LogP contribution in [0.15, 0.2) is 34.9 Å². The molecule has 0 bridgehead atoms. The van der Waals surface area contributed by atoms with Crippen LogP contribution in [0.5, 0.6) is 5.75 Å². The molecule has 0 aliphatic heterocycles. The summed E-state index contributed by atoms with van der Waals surface area (Å²) >= 11 is 10.5. The van der Waals surface area contributed by atoms with Crippen molar-refractivity contribution in [1.29, 1.82) is 0 Å². The zero-order valence-electron chi connectivity index (χ0n) is 10.7. The molecule has 1 aromatic carbocycles. The fourth-order valence-corrected chi connectivity index (χ4v) is 1.92. The molecule has 0 radical (unpaired) electrons. The van der Waals surface area contributed by atoms with Crippen LogP contribution >= 0.6 is 23.8 Å². The number of carbonyl (C=O) groups excluding carboxylic acids is 1. The van der Waals surface area contributed by atoms with E-state index in [1.54, 1.807) is 0 Å². The normalized spacial score (nSPS) is 10.0. The van der Waals surface area contributed by atoms with E-state index < -0.39 is 16.6 Å². The van der Waals surface area contributed by atoms with E-state index in [0.717, 1.165) is 12.1 Å². The quantitative estimate of drug-likeness (QED) is 0.498. The summed E-state index contributed by atoms with van der Waals surface area (Å²) < 4.78 is 4.87. The van der Waals surface area contributed by atoms with Gasteiger partial charge in [0.05, 0.1) is 11.2 Å². The highest BCUT2D eigenvalue weighted by molar-refractivity contribution is 7.80. The standard InChI is InChI=1S/C12H8ClN3O5S/c13-7-4-6(16(19)20)5-8(10(7)17)14-12(22)15-11(18)9-2-1-3-21-9/h1-5,17H,(H2,14,15,18,22)/p-1. The van der Waals surface area contributed by atoms with Gasteiger partial charge in [-0.3, -0.25) is 20.2 Å². The van der Waals surface area contributed by atoms with Crippen molar-refractivity contribution in [2.45, 2.75) is 0 Å². The fourth-order valence-electron chi connectivity index (χ4n) is 1.50. The molecule has 1 aromatic heterocycles. The fraction of sp³-hybridized carbons (Fsp3) is 0. The maximum atomic E-state index is 11.8. The first-order valence-corrected chi connectivity index (χ1v) is 6.48. The summed E-state index contributed by atoms with van der Waals surface area (Å²) in [5.41, 5.74) is -0.601. The van der Waals surface area contributed by atoms with Crippen LogP contribution in [0.1, 0.15) is 10.6 Å². The second-order valence-corrected chi connectivity index (χ2v) is 4.76. The Kier molecular flexibility index (Phi) is 4.59. The minimum absolute atomic E-state index is 0.0172. The molecule has 10 heteroatoms. The molecule has 114 valence electrons. The highest BCUT2D eigenvalue weighted by atomic mass is 35.5. The molecule has 0 aliphatic rings. The topological polar surface area (TPSA) is 120 Å². The van der Waals surface area contributed by atoms with Gasteiger partial charge in [0.15, 0.2) is 10.9 Å². The van der Waals surface area contributed by atoms with Gasteiger partial charge < -0.3 is 14.8 Å². The third kappa shape index (κ3) is 3.51. The summed E-state index contributed by atoms with van der Waals surface area (Å²) in [4.78, 5) is 21.7. The third-order valence-electron chi connectivity index (χ3n) is 2.46. The smallest absolute Gasteiger partial charge is 0.293 e.